The van der Waals surface area contributed by atoms with Crippen LogP contribution in [0, 0.1) is 0 Å². The van der Waals surface area contributed by atoms with Crippen LogP contribution < -0.4 is 15.2 Å². The van der Waals surface area contributed by atoms with Crippen molar-refractivity contribution in [2.75, 3.05) is 25.6 Å². The molecule has 0 aromatic heterocycles. The Kier molecular flexibility index (Phi) is 3.41. The Labute approximate surface area is 123 Å². The van der Waals surface area contributed by atoms with E-state index in [1.807, 2.05) is 6.92 Å². The van der Waals surface area contributed by atoms with Crippen LogP contribution in [0.4, 0.5) is 5.69 Å². The summed E-state index contributed by atoms with van der Waals surface area (Å²) >= 11 is 0. The van der Waals surface area contributed by atoms with Gasteiger partial charge in [-0.3, -0.25) is 4.79 Å². The van der Waals surface area contributed by atoms with Crippen LogP contribution in [-0.4, -0.2) is 41.4 Å². The van der Waals surface area contributed by atoms with Crippen molar-refractivity contribution in [3.8, 4) is 11.5 Å². The molecule has 0 aliphatic carbocycles. The number of likely N-dealkylation sites (tertiary alicyclic amines) is 1. The summed E-state index contributed by atoms with van der Waals surface area (Å²) in [5, 5.41) is 10.1. The Bertz CT molecular complexity index is 571. The standard InChI is InChI=1S/C15H20N2O4/c1-15(19)3-2-5-17(6-4-15)14(18)10-7-12-13(8-11(10)16)21-9-20-12/h7-8,19H,2-6,9,16H2,1H3. The van der Waals surface area contributed by atoms with Gasteiger partial charge in [-0.15, -0.1) is 0 Å². The van der Waals surface area contributed by atoms with Gasteiger partial charge in [-0.2, -0.15) is 0 Å². The maximum absolute atomic E-state index is 12.7. The van der Waals surface area contributed by atoms with Crippen molar-refractivity contribution in [3.63, 3.8) is 0 Å². The number of nitrogen functional groups attached to an aromatic ring is 1. The molecule has 6 nitrogen and oxygen atoms in total. The normalized spacial score (nSPS) is 24.8. The molecule has 1 aromatic rings. The van der Waals surface area contributed by atoms with Crippen molar-refractivity contribution < 1.29 is 19.4 Å². The molecule has 1 amide bonds. The Hall–Kier alpha value is -1.95. The van der Waals surface area contributed by atoms with Crippen LogP contribution in [0.5, 0.6) is 11.5 Å². The topological polar surface area (TPSA) is 85.0 Å². The van der Waals surface area contributed by atoms with E-state index in [9.17, 15) is 9.90 Å². The fraction of sp³-hybridized carbons (Fsp3) is 0.533. The van der Waals surface area contributed by atoms with Gasteiger partial charge in [0.25, 0.3) is 5.91 Å². The van der Waals surface area contributed by atoms with Gasteiger partial charge in [-0.05, 0) is 32.3 Å². The number of hydrogen-bond donors (Lipinski definition) is 2. The summed E-state index contributed by atoms with van der Waals surface area (Å²) in [6, 6.07) is 3.27. The van der Waals surface area contributed by atoms with Gasteiger partial charge in [-0.1, -0.05) is 0 Å². The van der Waals surface area contributed by atoms with Crippen molar-refractivity contribution in [1.29, 1.82) is 0 Å². The summed E-state index contributed by atoms with van der Waals surface area (Å²) in [4.78, 5) is 14.4. The molecule has 1 fully saturated rings. The molecule has 114 valence electrons. The summed E-state index contributed by atoms with van der Waals surface area (Å²) in [6.45, 7) is 3.12. The highest BCUT2D eigenvalue weighted by Gasteiger charge is 2.29. The first-order valence-corrected chi connectivity index (χ1v) is 7.17. The third-order valence-corrected chi connectivity index (χ3v) is 4.13. The largest absolute Gasteiger partial charge is 0.454 e. The highest BCUT2D eigenvalue weighted by molar-refractivity contribution is 6.00. The Morgan fingerprint density at radius 3 is 2.76 bits per heavy atom. The van der Waals surface area contributed by atoms with Crippen molar-refractivity contribution in [2.24, 2.45) is 0 Å². The van der Waals surface area contributed by atoms with Crippen LogP contribution in [0.1, 0.15) is 36.5 Å². The minimum Gasteiger partial charge on any atom is -0.454 e. The predicted octanol–water partition coefficient (Wildman–Crippen LogP) is 1.37. The van der Waals surface area contributed by atoms with Gasteiger partial charge >= 0.3 is 0 Å². The monoisotopic (exact) mass is 292 g/mol. The number of carbonyl (C=O) groups is 1. The van der Waals surface area contributed by atoms with E-state index in [1.165, 1.54) is 0 Å². The zero-order valence-electron chi connectivity index (χ0n) is 12.1. The van der Waals surface area contributed by atoms with Crippen LogP contribution in [0.25, 0.3) is 0 Å². The van der Waals surface area contributed by atoms with Crippen LogP contribution in [0.15, 0.2) is 12.1 Å². The Morgan fingerprint density at radius 2 is 2.00 bits per heavy atom. The van der Waals surface area contributed by atoms with Gasteiger partial charge in [0.1, 0.15) is 0 Å². The minimum absolute atomic E-state index is 0.122. The molecule has 0 radical (unpaired) electrons. The molecule has 2 aliphatic rings. The first-order chi connectivity index (χ1) is 9.96. The molecule has 3 rings (SSSR count). The maximum atomic E-state index is 12.7. The van der Waals surface area contributed by atoms with E-state index in [-0.39, 0.29) is 12.7 Å². The van der Waals surface area contributed by atoms with Gasteiger partial charge in [0.2, 0.25) is 6.79 Å². The van der Waals surface area contributed by atoms with Crippen molar-refractivity contribution in [1.82, 2.24) is 4.90 Å². The smallest absolute Gasteiger partial charge is 0.256 e. The molecule has 6 heteroatoms. The Morgan fingerprint density at radius 1 is 1.29 bits per heavy atom. The molecular formula is C15H20N2O4. The number of fused-ring (bicyclic) bond motifs is 1. The molecule has 1 aromatic carbocycles. The first kappa shape index (κ1) is 14.0. The number of benzene rings is 1. The van der Waals surface area contributed by atoms with Crippen LogP contribution >= 0.6 is 0 Å². The third-order valence-electron chi connectivity index (χ3n) is 4.13. The molecule has 21 heavy (non-hydrogen) atoms. The highest BCUT2D eigenvalue weighted by atomic mass is 16.7. The van der Waals surface area contributed by atoms with Crippen LogP contribution in [0.2, 0.25) is 0 Å². The molecule has 1 atom stereocenters. The van der Waals surface area contributed by atoms with Crippen molar-refractivity contribution in [3.05, 3.63) is 17.7 Å². The molecule has 0 saturated carbocycles. The van der Waals surface area contributed by atoms with E-state index in [0.29, 0.717) is 48.7 Å². The van der Waals surface area contributed by atoms with E-state index in [0.717, 1.165) is 6.42 Å². The third kappa shape index (κ3) is 2.76. The molecule has 3 N–H and O–H groups in total. The van der Waals surface area contributed by atoms with Crippen LogP contribution in [-0.2, 0) is 0 Å². The van der Waals surface area contributed by atoms with Gasteiger partial charge in [0, 0.05) is 24.8 Å². The zero-order valence-corrected chi connectivity index (χ0v) is 12.1. The molecule has 2 aliphatic heterocycles. The number of hydrogen-bond acceptors (Lipinski definition) is 5. The SMILES string of the molecule is CC1(O)CCCN(C(=O)c2cc3c(cc2N)OCO3)CC1. The van der Waals surface area contributed by atoms with Gasteiger partial charge in [-0.25, -0.2) is 0 Å². The molecule has 1 saturated heterocycles. The van der Waals surface area contributed by atoms with E-state index in [1.54, 1.807) is 17.0 Å². The number of rotatable bonds is 1. The summed E-state index contributed by atoms with van der Waals surface area (Å²) in [7, 11) is 0. The first-order valence-electron chi connectivity index (χ1n) is 7.17. The minimum atomic E-state index is -0.699. The number of nitrogens with two attached hydrogens (primary N) is 1. The highest BCUT2D eigenvalue weighted by Crippen LogP contribution is 2.36. The summed E-state index contributed by atoms with van der Waals surface area (Å²) in [5.74, 6) is 1.00. The predicted molar refractivity (Wildman–Crippen MR) is 77.4 cm³/mol. The van der Waals surface area contributed by atoms with Crippen LogP contribution in [0.3, 0.4) is 0 Å². The number of nitrogens with zero attached hydrogens (tertiary/aromatic N) is 1. The number of aliphatic hydroxyl groups is 1. The fourth-order valence-corrected chi connectivity index (χ4v) is 2.78. The molecule has 0 bridgehead atoms. The van der Waals surface area contributed by atoms with Gasteiger partial charge < -0.3 is 25.2 Å². The van der Waals surface area contributed by atoms with Gasteiger partial charge in [0.05, 0.1) is 11.2 Å². The van der Waals surface area contributed by atoms with E-state index in [2.05, 4.69) is 0 Å². The van der Waals surface area contributed by atoms with E-state index in [4.69, 9.17) is 15.2 Å². The average Bonchev–Trinajstić information content (AvgIpc) is 2.79. The lowest BCUT2D eigenvalue weighted by Crippen LogP contribution is -2.33. The summed E-state index contributed by atoms with van der Waals surface area (Å²) < 4.78 is 10.5. The van der Waals surface area contributed by atoms with Crippen molar-refractivity contribution >= 4 is 11.6 Å². The average molecular weight is 292 g/mol. The second-order valence-corrected chi connectivity index (χ2v) is 5.94. The molecular weight excluding hydrogens is 272 g/mol. The molecule has 1 unspecified atom stereocenters. The van der Waals surface area contributed by atoms with E-state index >= 15 is 0 Å². The number of ether oxygens (including phenoxy) is 2. The second-order valence-electron chi connectivity index (χ2n) is 5.94. The summed E-state index contributed by atoms with van der Waals surface area (Å²) in [5.41, 5.74) is 6.08. The quantitative estimate of drug-likeness (QED) is 0.764. The van der Waals surface area contributed by atoms with Gasteiger partial charge in [0.15, 0.2) is 11.5 Å². The zero-order chi connectivity index (χ0) is 15.0. The number of anilines is 1. The lowest BCUT2D eigenvalue weighted by Gasteiger charge is -2.23. The number of carbonyl (C=O) groups excluding carboxylic acids is 1. The lowest BCUT2D eigenvalue weighted by molar-refractivity contribution is 0.0438. The maximum Gasteiger partial charge on any atom is 0.256 e. The summed E-state index contributed by atoms with van der Waals surface area (Å²) in [6.07, 6.45) is 2.06. The Balaban J connectivity index is 1.82. The second kappa shape index (κ2) is 5.11. The molecule has 0 spiro atoms. The molecule has 2 heterocycles. The lowest BCUT2D eigenvalue weighted by atomic mass is 9.98. The van der Waals surface area contributed by atoms with Crippen molar-refractivity contribution in [2.45, 2.75) is 31.8 Å². The van der Waals surface area contributed by atoms with E-state index < -0.39 is 5.60 Å². The fourth-order valence-electron chi connectivity index (χ4n) is 2.78. The number of amides is 1.